The van der Waals surface area contributed by atoms with Crippen LogP contribution < -0.4 is 5.32 Å². The summed E-state index contributed by atoms with van der Waals surface area (Å²) in [6.07, 6.45) is 0. The van der Waals surface area contributed by atoms with Crippen molar-refractivity contribution in [1.82, 2.24) is 0 Å². The number of hydrogen-bond acceptors (Lipinski definition) is 1. The molecule has 112 valence electrons. The molecule has 4 heteroatoms. The summed E-state index contributed by atoms with van der Waals surface area (Å²) in [5, 5.41) is 2.91. The second-order valence-electron chi connectivity index (χ2n) is 5.42. The van der Waals surface area contributed by atoms with Crippen LogP contribution in [0.2, 0.25) is 0 Å². The SMILES string of the molecule is Cc1cc(C)c(C(C)Nc2cc(F)c(F)cc2F)c(C)c1. The molecule has 0 saturated heterocycles. The lowest BCUT2D eigenvalue weighted by Gasteiger charge is -2.21. The molecule has 0 spiro atoms. The van der Waals surface area contributed by atoms with Gasteiger partial charge in [0.15, 0.2) is 11.6 Å². The Morgan fingerprint density at radius 2 is 1.33 bits per heavy atom. The minimum absolute atomic E-state index is 0.0409. The maximum Gasteiger partial charge on any atom is 0.161 e. The smallest absolute Gasteiger partial charge is 0.161 e. The van der Waals surface area contributed by atoms with E-state index < -0.39 is 17.5 Å². The summed E-state index contributed by atoms with van der Waals surface area (Å²) < 4.78 is 39.9. The first-order valence-electron chi connectivity index (χ1n) is 6.78. The standard InChI is InChI=1S/C17H18F3N/c1-9-5-10(2)17(11(3)6-9)12(4)21-16-8-14(19)13(18)7-15(16)20/h5-8,12,21H,1-4H3. The van der Waals surface area contributed by atoms with Crippen LogP contribution in [-0.2, 0) is 0 Å². The molecule has 0 aliphatic rings. The minimum atomic E-state index is -1.19. The molecule has 0 aromatic heterocycles. The normalized spacial score (nSPS) is 12.3. The van der Waals surface area contributed by atoms with E-state index in [9.17, 15) is 13.2 Å². The fourth-order valence-corrected chi connectivity index (χ4v) is 2.81. The molecule has 21 heavy (non-hydrogen) atoms. The highest BCUT2D eigenvalue weighted by Crippen LogP contribution is 2.28. The van der Waals surface area contributed by atoms with Crippen molar-refractivity contribution in [2.75, 3.05) is 5.32 Å². The zero-order valence-corrected chi connectivity index (χ0v) is 12.5. The van der Waals surface area contributed by atoms with E-state index in [4.69, 9.17) is 0 Å². The fraction of sp³-hybridized carbons (Fsp3) is 0.294. The highest BCUT2D eigenvalue weighted by atomic mass is 19.2. The van der Waals surface area contributed by atoms with Gasteiger partial charge in [-0.15, -0.1) is 0 Å². The summed E-state index contributed by atoms with van der Waals surface area (Å²) in [6.45, 7) is 7.84. The van der Waals surface area contributed by atoms with E-state index in [1.54, 1.807) is 0 Å². The van der Waals surface area contributed by atoms with Gasteiger partial charge in [0.2, 0.25) is 0 Å². The number of benzene rings is 2. The van der Waals surface area contributed by atoms with Crippen LogP contribution in [0.25, 0.3) is 0 Å². The van der Waals surface area contributed by atoms with Gasteiger partial charge in [-0.05, 0) is 44.4 Å². The summed E-state index contributed by atoms with van der Waals surface area (Å²) in [7, 11) is 0. The Kier molecular flexibility index (Phi) is 4.26. The summed E-state index contributed by atoms with van der Waals surface area (Å²) in [6, 6.07) is 5.27. The quantitative estimate of drug-likeness (QED) is 0.767. The van der Waals surface area contributed by atoms with E-state index in [2.05, 4.69) is 5.32 Å². The second-order valence-corrected chi connectivity index (χ2v) is 5.42. The number of hydrogen-bond donors (Lipinski definition) is 1. The average Bonchev–Trinajstić information content (AvgIpc) is 2.34. The molecular formula is C17H18F3N. The van der Waals surface area contributed by atoms with Crippen LogP contribution in [0.3, 0.4) is 0 Å². The van der Waals surface area contributed by atoms with Crippen LogP contribution in [0.1, 0.15) is 35.2 Å². The van der Waals surface area contributed by atoms with Crippen molar-refractivity contribution in [1.29, 1.82) is 0 Å². The monoisotopic (exact) mass is 293 g/mol. The predicted octanol–water partition coefficient (Wildman–Crippen LogP) is 5.20. The van der Waals surface area contributed by atoms with E-state index in [0.29, 0.717) is 6.07 Å². The lowest BCUT2D eigenvalue weighted by Crippen LogP contribution is -2.12. The number of halogens is 3. The van der Waals surface area contributed by atoms with E-state index >= 15 is 0 Å². The number of anilines is 1. The molecule has 0 aliphatic heterocycles. The molecule has 2 rings (SSSR count). The Morgan fingerprint density at radius 3 is 1.90 bits per heavy atom. The molecule has 0 amide bonds. The second kappa shape index (κ2) is 5.80. The summed E-state index contributed by atoms with van der Waals surface area (Å²) >= 11 is 0. The molecule has 1 N–H and O–H groups in total. The van der Waals surface area contributed by atoms with Crippen LogP contribution in [-0.4, -0.2) is 0 Å². The van der Waals surface area contributed by atoms with Crippen molar-refractivity contribution in [3.63, 3.8) is 0 Å². The van der Waals surface area contributed by atoms with Gasteiger partial charge < -0.3 is 5.32 Å². The van der Waals surface area contributed by atoms with Gasteiger partial charge in [0.1, 0.15) is 5.82 Å². The van der Waals surface area contributed by atoms with Gasteiger partial charge >= 0.3 is 0 Å². The molecule has 1 atom stereocenters. The molecule has 2 aromatic carbocycles. The third kappa shape index (κ3) is 3.20. The van der Waals surface area contributed by atoms with Crippen molar-refractivity contribution < 1.29 is 13.2 Å². The van der Waals surface area contributed by atoms with E-state index in [0.717, 1.165) is 28.3 Å². The highest BCUT2D eigenvalue weighted by Gasteiger charge is 2.15. The molecule has 1 unspecified atom stereocenters. The number of rotatable bonds is 3. The van der Waals surface area contributed by atoms with Gasteiger partial charge in [-0.25, -0.2) is 13.2 Å². The summed E-state index contributed by atoms with van der Waals surface area (Å²) in [5.74, 6) is -3.06. The minimum Gasteiger partial charge on any atom is -0.376 e. The Balaban J connectivity index is 2.35. The van der Waals surface area contributed by atoms with Crippen LogP contribution in [0.4, 0.5) is 18.9 Å². The molecule has 0 bridgehead atoms. The molecular weight excluding hydrogens is 275 g/mol. The first-order chi connectivity index (χ1) is 9.79. The van der Waals surface area contributed by atoms with Gasteiger partial charge in [0.05, 0.1) is 5.69 Å². The van der Waals surface area contributed by atoms with Gasteiger partial charge in [-0.3, -0.25) is 0 Å². The zero-order valence-electron chi connectivity index (χ0n) is 12.5. The van der Waals surface area contributed by atoms with E-state index in [-0.39, 0.29) is 11.7 Å². The Morgan fingerprint density at radius 1 is 0.810 bits per heavy atom. The highest BCUT2D eigenvalue weighted by molar-refractivity contribution is 5.50. The van der Waals surface area contributed by atoms with Gasteiger partial charge in [-0.1, -0.05) is 17.7 Å². The van der Waals surface area contributed by atoms with Crippen molar-refractivity contribution >= 4 is 5.69 Å². The maximum atomic E-state index is 13.7. The van der Waals surface area contributed by atoms with Gasteiger partial charge in [0, 0.05) is 18.2 Å². The third-order valence-corrected chi connectivity index (χ3v) is 3.55. The molecule has 0 saturated carbocycles. The van der Waals surface area contributed by atoms with Crippen LogP contribution >= 0.6 is 0 Å². The lowest BCUT2D eigenvalue weighted by molar-refractivity contribution is 0.495. The van der Waals surface area contributed by atoms with Gasteiger partial charge in [0.25, 0.3) is 0 Å². The molecule has 0 fully saturated rings. The lowest BCUT2D eigenvalue weighted by atomic mass is 9.94. The Labute approximate surface area is 122 Å². The Bertz CT molecular complexity index is 657. The van der Waals surface area contributed by atoms with Crippen molar-refractivity contribution in [3.8, 4) is 0 Å². The van der Waals surface area contributed by atoms with Crippen LogP contribution in [0.5, 0.6) is 0 Å². The van der Waals surface area contributed by atoms with Crippen LogP contribution in [0, 0.1) is 38.2 Å². The molecule has 1 nitrogen and oxygen atoms in total. The predicted molar refractivity (Wildman–Crippen MR) is 79.0 cm³/mol. The number of nitrogens with one attached hydrogen (secondary N) is 1. The summed E-state index contributed by atoms with van der Waals surface area (Å²) in [5.41, 5.74) is 4.30. The van der Waals surface area contributed by atoms with Crippen molar-refractivity contribution in [2.24, 2.45) is 0 Å². The van der Waals surface area contributed by atoms with Gasteiger partial charge in [-0.2, -0.15) is 0 Å². The first kappa shape index (κ1) is 15.4. The Hall–Kier alpha value is -1.97. The molecule has 0 heterocycles. The summed E-state index contributed by atoms with van der Waals surface area (Å²) in [4.78, 5) is 0. The maximum absolute atomic E-state index is 13.7. The first-order valence-corrected chi connectivity index (χ1v) is 6.78. The van der Waals surface area contributed by atoms with Crippen LogP contribution in [0.15, 0.2) is 24.3 Å². The fourth-order valence-electron chi connectivity index (χ4n) is 2.81. The molecule has 0 aliphatic carbocycles. The number of aryl methyl sites for hydroxylation is 3. The molecule has 0 radical (unpaired) electrons. The average molecular weight is 293 g/mol. The zero-order chi connectivity index (χ0) is 15.7. The largest absolute Gasteiger partial charge is 0.376 e. The van der Waals surface area contributed by atoms with Crippen molar-refractivity contribution in [3.05, 3.63) is 64.0 Å². The third-order valence-electron chi connectivity index (χ3n) is 3.55. The molecule has 2 aromatic rings. The van der Waals surface area contributed by atoms with E-state index in [1.807, 2.05) is 39.8 Å². The van der Waals surface area contributed by atoms with E-state index in [1.165, 1.54) is 0 Å². The van der Waals surface area contributed by atoms with Crippen molar-refractivity contribution in [2.45, 2.75) is 33.7 Å². The topological polar surface area (TPSA) is 12.0 Å².